The molecule has 0 aliphatic carbocycles. The number of halogens is 3. The van der Waals surface area contributed by atoms with Crippen molar-refractivity contribution in [3.8, 4) is 11.1 Å². The van der Waals surface area contributed by atoms with Gasteiger partial charge in [0.25, 0.3) is 0 Å². The molecule has 0 unspecified atom stereocenters. The lowest BCUT2D eigenvalue weighted by Gasteiger charge is -2.12. The fourth-order valence-corrected chi connectivity index (χ4v) is 1.60. The maximum atomic E-state index is 12.7. The Bertz CT molecular complexity index is 478. The van der Waals surface area contributed by atoms with Crippen LogP contribution in [-0.2, 0) is 6.18 Å². The van der Waals surface area contributed by atoms with Crippen molar-refractivity contribution in [1.82, 2.24) is 0 Å². The molecule has 0 saturated heterocycles. The molecule has 0 aliphatic heterocycles. The summed E-state index contributed by atoms with van der Waals surface area (Å²) >= 11 is 0. The van der Waals surface area contributed by atoms with E-state index in [4.69, 9.17) is 0 Å². The first-order valence-corrected chi connectivity index (χ1v) is 4.80. The molecule has 2 aromatic carbocycles. The Morgan fingerprint density at radius 3 is 1.82 bits per heavy atom. The molecule has 0 spiro atoms. The topological polar surface area (TPSA) is 31.5 Å². The van der Waals surface area contributed by atoms with E-state index in [-0.39, 0.29) is 11.0 Å². The van der Waals surface area contributed by atoms with Crippen LogP contribution in [0, 0.1) is 0 Å². The molecular formula is C13H11F3O. The van der Waals surface area contributed by atoms with Crippen LogP contribution in [-0.4, -0.2) is 5.48 Å². The van der Waals surface area contributed by atoms with E-state index < -0.39 is 11.7 Å². The summed E-state index contributed by atoms with van der Waals surface area (Å²) in [6.07, 6.45) is -4.31. The van der Waals surface area contributed by atoms with E-state index in [0.29, 0.717) is 5.56 Å². The van der Waals surface area contributed by atoms with Crippen molar-refractivity contribution in [3.05, 3.63) is 60.2 Å². The van der Waals surface area contributed by atoms with Gasteiger partial charge >= 0.3 is 6.18 Å². The standard InChI is InChI=1S/C13H9F3.H2O/c14-13(15,16)12-9-5-4-8-11(12)10-6-2-1-3-7-10;/h1-9H;1H2. The Morgan fingerprint density at radius 1 is 0.706 bits per heavy atom. The summed E-state index contributed by atoms with van der Waals surface area (Å²) < 4.78 is 38.2. The van der Waals surface area contributed by atoms with Crippen LogP contribution in [0.3, 0.4) is 0 Å². The molecule has 0 aliphatic rings. The first kappa shape index (κ1) is 13.3. The highest BCUT2D eigenvalue weighted by Crippen LogP contribution is 2.36. The highest BCUT2D eigenvalue weighted by Gasteiger charge is 2.33. The van der Waals surface area contributed by atoms with Crippen LogP contribution in [0.5, 0.6) is 0 Å². The Morgan fingerprint density at radius 2 is 1.24 bits per heavy atom. The van der Waals surface area contributed by atoms with Crippen molar-refractivity contribution in [3.63, 3.8) is 0 Å². The fourth-order valence-electron chi connectivity index (χ4n) is 1.60. The van der Waals surface area contributed by atoms with E-state index in [0.717, 1.165) is 6.07 Å². The molecule has 17 heavy (non-hydrogen) atoms. The maximum absolute atomic E-state index is 12.7. The lowest BCUT2D eigenvalue weighted by atomic mass is 9.99. The summed E-state index contributed by atoms with van der Waals surface area (Å²) in [6.45, 7) is 0. The zero-order valence-electron chi connectivity index (χ0n) is 8.83. The molecule has 0 bridgehead atoms. The number of hydrogen-bond acceptors (Lipinski definition) is 0. The Labute approximate surface area is 96.8 Å². The van der Waals surface area contributed by atoms with E-state index in [1.54, 1.807) is 36.4 Å². The van der Waals surface area contributed by atoms with E-state index in [1.165, 1.54) is 12.1 Å². The minimum atomic E-state index is -4.31. The van der Waals surface area contributed by atoms with Gasteiger partial charge in [0, 0.05) is 0 Å². The lowest BCUT2D eigenvalue weighted by molar-refractivity contribution is -0.137. The molecule has 0 heterocycles. The second-order valence-corrected chi connectivity index (χ2v) is 3.41. The fraction of sp³-hybridized carbons (Fsp3) is 0.0769. The number of benzene rings is 2. The maximum Gasteiger partial charge on any atom is 0.417 e. The van der Waals surface area contributed by atoms with Gasteiger partial charge in [0.15, 0.2) is 0 Å². The average molecular weight is 240 g/mol. The summed E-state index contributed by atoms with van der Waals surface area (Å²) in [7, 11) is 0. The van der Waals surface area contributed by atoms with Crippen molar-refractivity contribution >= 4 is 0 Å². The third-order valence-electron chi connectivity index (χ3n) is 2.32. The van der Waals surface area contributed by atoms with Crippen molar-refractivity contribution < 1.29 is 18.6 Å². The zero-order valence-corrected chi connectivity index (χ0v) is 8.83. The third-order valence-corrected chi connectivity index (χ3v) is 2.32. The highest BCUT2D eigenvalue weighted by atomic mass is 19.4. The van der Waals surface area contributed by atoms with Gasteiger partial charge in [-0.15, -0.1) is 0 Å². The number of alkyl halides is 3. The summed E-state index contributed by atoms with van der Waals surface area (Å²) in [5.74, 6) is 0. The van der Waals surface area contributed by atoms with Crippen molar-refractivity contribution in [2.75, 3.05) is 0 Å². The van der Waals surface area contributed by atoms with Gasteiger partial charge in [0.1, 0.15) is 0 Å². The SMILES string of the molecule is FC(F)(F)c1ccccc1-c1ccccc1.O. The predicted octanol–water partition coefficient (Wildman–Crippen LogP) is 3.55. The van der Waals surface area contributed by atoms with Crippen LogP contribution in [0.2, 0.25) is 0 Å². The Kier molecular flexibility index (Phi) is 3.91. The summed E-state index contributed by atoms with van der Waals surface area (Å²) in [4.78, 5) is 0. The van der Waals surface area contributed by atoms with E-state index in [2.05, 4.69) is 0 Å². The molecule has 0 fully saturated rings. The lowest BCUT2D eigenvalue weighted by Crippen LogP contribution is -2.06. The normalized spacial score (nSPS) is 10.8. The smallest absolute Gasteiger partial charge is 0.412 e. The third kappa shape index (κ3) is 2.85. The van der Waals surface area contributed by atoms with Crippen molar-refractivity contribution in [2.24, 2.45) is 0 Å². The van der Waals surface area contributed by atoms with E-state index >= 15 is 0 Å². The van der Waals surface area contributed by atoms with Gasteiger partial charge in [-0.2, -0.15) is 13.2 Å². The molecular weight excluding hydrogens is 229 g/mol. The van der Waals surface area contributed by atoms with Crippen LogP contribution in [0.1, 0.15) is 5.56 Å². The van der Waals surface area contributed by atoms with Gasteiger partial charge < -0.3 is 5.48 Å². The minimum Gasteiger partial charge on any atom is -0.412 e. The van der Waals surface area contributed by atoms with Crippen molar-refractivity contribution in [1.29, 1.82) is 0 Å². The molecule has 2 rings (SSSR count). The average Bonchev–Trinajstić information content (AvgIpc) is 2.29. The summed E-state index contributed by atoms with van der Waals surface area (Å²) in [5, 5.41) is 0. The highest BCUT2D eigenvalue weighted by molar-refractivity contribution is 5.67. The largest absolute Gasteiger partial charge is 0.417 e. The molecule has 4 heteroatoms. The molecule has 2 aromatic rings. The number of rotatable bonds is 1. The van der Waals surface area contributed by atoms with Crippen LogP contribution < -0.4 is 0 Å². The van der Waals surface area contributed by atoms with Gasteiger partial charge in [-0.1, -0.05) is 48.5 Å². The number of hydrogen-bond donors (Lipinski definition) is 0. The molecule has 90 valence electrons. The first-order valence-electron chi connectivity index (χ1n) is 4.80. The second kappa shape index (κ2) is 5.01. The molecule has 2 N–H and O–H groups in total. The van der Waals surface area contributed by atoms with E-state index in [1.807, 2.05) is 0 Å². The molecule has 0 saturated carbocycles. The summed E-state index contributed by atoms with van der Waals surface area (Å²) in [5.41, 5.74) is 0.201. The molecule has 0 aromatic heterocycles. The van der Waals surface area contributed by atoms with Gasteiger partial charge in [0.05, 0.1) is 5.56 Å². The monoisotopic (exact) mass is 240 g/mol. The Hall–Kier alpha value is -1.81. The molecule has 0 atom stereocenters. The predicted molar refractivity (Wildman–Crippen MR) is 60.5 cm³/mol. The van der Waals surface area contributed by atoms with Gasteiger partial charge in [-0.3, -0.25) is 0 Å². The summed E-state index contributed by atoms with van der Waals surface area (Å²) in [6, 6.07) is 14.2. The molecule has 0 amide bonds. The zero-order chi connectivity index (χ0) is 11.6. The van der Waals surface area contributed by atoms with Gasteiger partial charge in [-0.25, -0.2) is 0 Å². The molecule has 0 radical (unpaired) electrons. The van der Waals surface area contributed by atoms with Crippen LogP contribution in [0.15, 0.2) is 54.6 Å². The van der Waals surface area contributed by atoms with Crippen molar-refractivity contribution in [2.45, 2.75) is 6.18 Å². The van der Waals surface area contributed by atoms with Crippen LogP contribution in [0.4, 0.5) is 13.2 Å². The van der Waals surface area contributed by atoms with E-state index in [9.17, 15) is 13.2 Å². The van der Waals surface area contributed by atoms with Crippen LogP contribution >= 0.6 is 0 Å². The quantitative estimate of drug-likeness (QED) is 0.730. The Balaban J connectivity index is 0.00000144. The molecule has 1 nitrogen and oxygen atoms in total. The minimum absolute atomic E-state index is 0. The van der Waals surface area contributed by atoms with Gasteiger partial charge in [-0.05, 0) is 17.2 Å². The van der Waals surface area contributed by atoms with Crippen LogP contribution in [0.25, 0.3) is 11.1 Å². The second-order valence-electron chi connectivity index (χ2n) is 3.41. The first-order chi connectivity index (χ1) is 7.59. The van der Waals surface area contributed by atoms with Gasteiger partial charge in [0.2, 0.25) is 0 Å².